The first kappa shape index (κ1) is 28.3. The Morgan fingerprint density at radius 2 is 1.62 bits per heavy atom. The van der Waals surface area contributed by atoms with Crippen LogP contribution in [0, 0.1) is 5.92 Å². The van der Waals surface area contributed by atoms with Gasteiger partial charge in [0.1, 0.15) is 10.9 Å². The molecular formula is C28H29N3O6S2. The van der Waals surface area contributed by atoms with Crippen LogP contribution in [-0.4, -0.2) is 44.3 Å². The van der Waals surface area contributed by atoms with Crippen molar-refractivity contribution in [2.45, 2.75) is 38.5 Å². The van der Waals surface area contributed by atoms with Crippen LogP contribution in [-0.2, 0) is 29.1 Å². The number of thiazole rings is 1. The second-order valence-electron chi connectivity index (χ2n) is 8.85. The summed E-state index contributed by atoms with van der Waals surface area (Å²) < 4.78 is 35.1. The quantitative estimate of drug-likeness (QED) is 0.389. The van der Waals surface area contributed by atoms with Gasteiger partial charge in [-0.25, -0.2) is 23.3 Å². The summed E-state index contributed by atoms with van der Waals surface area (Å²) in [5.74, 6) is -2.63. The van der Waals surface area contributed by atoms with E-state index in [2.05, 4.69) is 4.99 Å². The lowest BCUT2D eigenvalue weighted by atomic mass is 9.74. The third-order valence-electron chi connectivity index (χ3n) is 6.36. The largest absolute Gasteiger partial charge is 0.465 e. The summed E-state index contributed by atoms with van der Waals surface area (Å²) in [6.45, 7) is 7.24. The van der Waals surface area contributed by atoms with Crippen molar-refractivity contribution in [2.24, 2.45) is 16.0 Å². The molecule has 2 aromatic carbocycles. The van der Waals surface area contributed by atoms with E-state index >= 15 is 0 Å². The van der Waals surface area contributed by atoms with Crippen molar-refractivity contribution in [1.82, 2.24) is 4.98 Å². The van der Waals surface area contributed by atoms with E-state index in [1.807, 2.05) is 24.3 Å². The number of aromatic nitrogens is 1. The van der Waals surface area contributed by atoms with Gasteiger partial charge in [-0.05, 0) is 39.3 Å². The number of esters is 2. The van der Waals surface area contributed by atoms with E-state index in [0.717, 1.165) is 0 Å². The van der Waals surface area contributed by atoms with Crippen molar-refractivity contribution < 1.29 is 27.5 Å². The summed E-state index contributed by atoms with van der Waals surface area (Å²) in [7, 11) is -3.98. The van der Waals surface area contributed by atoms with Crippen LogP contribution in [0.1, 0.15) is 39.2 Å². The number of rotatable bonds is 8. The van der Waals surface area contributed by atoms with Gasteiger partial charge in [-0.2, -0.15) is 0 Å². The third-order valence-corrected chi connectivity index (χ3v) is 8.21. The molecule has 1 aliphatic rings. The molecule has 204 valence electrons. The normalized spacial score (nSPS) is 17.5. The fourth-order valence-corrected chi connectivity index (χ4v) is 6.41. The van der Waals surface area contributed by atoms with Crippen molar-refractivity contribution in [3.63, 3.8) is 0 Å². The van der Waals surface area contributed by atoms with Gasteiger partial charge in [-0.15, -0.1) is 11.3 Å². The molecule has 0 saturated carbocycles. The molecule has 2 unspecified atom stereocenters. The SMILES string of the molecule is CCOC(=O)C1=C(C)N=C(C)C(C(=O)OCC)C1c1ccccc1-c1nc(-c2ccccc2S(N)(=O)=O)cs1. The first-order valence-corrected chi connectivity index (χ1v) is 14.8. The monoisotopic (exact) mass is 567 g/mol. The minimum absolute atomic E-state index is 0.0280. The molecule has 4 rings (SSSR count). The lowest BCUT2D eigenvalue weighted by Gasteiger charge is -2.32. The molecule has 0 amide bonds. The van der Waals surface area contributed by atoms with E-state index < -0.39 is 33.8 Å². The standard InChI is InChI=1S/C28H29N3O6S2/c1-5-36-27(32)23-16(3)30-17(4)24(28(33)37-6-2)25(23)18-11-7-8-12-19(18)26-31-21(15-38-26)20-13-9-10-14-22(20)39(29,34)35/h7-15,23,25H,5-6H2,1-4H3,(H2,29,34,35). The highest BCUT2D eigenvalue weighted by molar-refractivity contribution is 7.89. The van der Waals surface area contributed by atoms with Crippen LogP contribution in [0.2, 0.25) is 0 Å². The van der Waals surface area contributed by atoms with Crippen molar-refractivity contribution >= 4 is 39.0 Å². The van der Waals surface area contributed by atoms with Gasteiger partial charge >= 0.3 is 11.9 Å². The van der Waals surface area contributed by atoms with E-state index in [0.29, 0.717) is 38.8 Å². The average Bonchev–Trinajstić information content (AvgIpc) is 3.38. The van der Waals surface area contributed by atoms with Crippen molar-refractivity contribution in [3.8, 4) is 21.8 Å². The maximum absolute atomic E-state index is 13.2. The maximum atomic E-state index is 13.2. The Balaban J connectivity index is 1.90. The lowest BCUT2D eigenvalue weighted by molar-refractivity contribution is -0.146. The fraction of sp³-hybridized carbons (Fsp3) is 0.286. The summed E-state index contributed by atoms with van der Waals surface area (Å²) in [6.07, 6.45) is 0. The molecule has 2 heterocycles. The van der Waals surface area contributed by atoms with E-state index in [9.17, 15) is 18.0 Å². The van der Waals surface area contributed by atoms with Gasteiger partial charge in [0, 0.05) is 33.8 Å². The summed E-state index contributed by atoms with van der Waals surface area (Å²) in [6, 6.07) is 13.7. The minimum atomic E-state index is -3.98. The number of hydrogen-bond donors (Lipinski definition) is 1. The second-order valence-corrected chi connectivity index (χ2v) is 11.2. The summed E-state index contributed by atoms with van der Waals surface area (Å²) >= 11 is 1.31. The van der Waals surface area contributed by atoms with E-state index in [4.69, 9.17) is 19.6 Å². The van der Waals surface area contributed by atoms with Crippen LogP contribution in [0.25, 0.3) is 21.8 Å². The number of benzene rings is 2. The highest BCUT2D eigenvalue weighted by Crippen LogP contribution is 2.44. The second kappa shape index (κ2) is 11.6. The predicted molar refractivity (Wildman–Crippen MR) is 150 cm³/mol. The van der Waals surface area contributed by atoms with Crippen LogP contribution in [0.3, 0.4) is 0 Å². The molecule has 11 heteroatoms. The molecule has 1 aromatic heterocycles. The number of ether oxygens (including phenoxy) is 2. The van der Waals surface area contributed by atoms with Crippen molar-refractivity contribution in [1.29, 1.82) is 0 Å². The Morgan fingerprint density at radius 1 is 0.974 bits per heavy atom. The molecule has 2 atom stereocenters. The maximum Gasteiger partial charge on any atom is 0.336 e. The number of sulfonamides is 1. The summed E-state index contributed by atoms with van der Waals surface area (Å²) in [5.41, 5.74) is 3.46. The van der Waals surface area contributed by atoms with Gasteiger partial charge in [-0.3, -0.25) is 9.79 Å². The Labute approximate surface area is 231 Å². The number of carbonyl (C=O) groups excluding carboxylic acids is 2. The first-order valence-electron chi connectivity index (χ1n) is 12.3. The molecule has 0 fully saturated rings. The molecule has 0 aliphatic carbocycles. The molecule has 0 saturated heterocycles. The molecule has 0 spiro atoms. The Morgan fingerprint density at radius 3 is 2.28 bits per heavy atom. The Hall–Kier alpha value is -3.67. The van der Waals surface area contributed by atoms with Crippen molar-refractivity contribution in [3.05, 3.63) is 70.7 Å². The van der Waals surface area contributed by atoms with Gasteiger partial charge in [0.05, 0.1) is 29.4 Å². The van der Waals surface area contributed by atoms with Gasteiger partial charge < -0.3 is 9.47 Å². The highest BCUT2D eigenvalue weighted by atomic mass is 32.2. The zero-order chi connectivity index (χ0) is 28.3. The lowest BCUT2D eigenvalue weighted by Crippen LogP contribution is -2.36. The zero-order valence-electron chi connectivity index (χ0n) is 22.0. The van der Waals surface area contributed by atoms with Crippen LogP contribution in [0.15, 0.2) is 75.1 Å². The van der Waals surface area contributed by atoms with E-state index in [1.54, 1.807) is 51.3 Å². The smallest absolute Gasteiger partial charge is 0.336 e. The fourth-order valence-electron chi connectivity index (χ4n) is 4.79. The molecule has 2 N–H and O–H groups in total. The topological polar surface area (TPSA) is 138 Å². The molecule has 9 nitrogen and oxygen atoms in total. The number of nitrogens with two attached hydrogens (primary N) is 1. The number of nitrogens with zero attached hydrogens (tertiary/aromatic N) is 2. The molecule has 39 heavy (non-hydrogen) atoms. The number of primary sulfonamides is 1. The van der Waals surface area contributed by atoms with Crippen molar-refractivity contribution in [2.75, 3.05) is 13.2 Å². The van der Waals surface area contributed by atoms with Gasteiger partial charge in [0.15, 0.2) is 0 Å². The number of carbonyl (C=O) groups is 2. The third kappa shape index (κ3) is 5.70. The molecular weight excluding hydrogens is 538 g/mol. The molecule has 3 aromatic rings. The van der Waals surface area contributed by atoms with Gasteiger partial charge in [0.2, 0.25) is 10.0 Å². The number of aliphatic imine (C=N–C) groups is 1. The average molecular weight is 568 g/mol. The summed E-state index contributed by atoms with van der Waals surface area (Å²) in [5, 5.41) is 7.77. The van der Waals surface area contributed by atoms with E-state index in [1.165, 1.54) is 17.4 Å². The van der Waals surface area contributed by atoms with Crippen LogP contribution in [0.5, 0.6) is 0 Å². The summed E-state index contributed by atoms with van der Waals surface area (Å²) in [4.78, 5) is 35.7. The molecule has 0 bridgehead atoms. The predicted octanol–water partition coefficient (Wildman–Crippen LogP) is 4.70. The first-order chi connectivity index (χ1) is 18.6. The number of allylic oxidation sites excluding steroid dienone is 1. The number of hydrogen-bond acceptors (Lipinski definition) is 9. The van der Waals surface area contributed by atoms with E-state index in [-0.39, 0.29) is 23.7 Å². The molecule has 0 radical (unpaired) electrons. The van der Waals surface area contributed by atoms with Gasteiger partial charge in [-0.1, -0.05) is 42.5 Å². The minimum Gasteiger partial charge on any atom is -0.465 e. The highest BCUT2D eigenvalue weighted by Gasteiger charge is 2.43. The zero-order valence-corrected chi connectivity index (χ0v) is 23.6. The Bertz CT molecular complexity index is 1590. The van der Waals surface area contributed by atoms with Crippen LogP contribution < -0.4 is 5.14 Å². The van der Waals surface area contributed by atoms with Crippen LogP contribution in [0.4, 0.5) is 0 Å². The Kier molecular flexibility index (Phi) is 8.43. The van der Waals surface area contributed by atoms with Crippen LogP contribution >= 0.6 is 11.3 Å². The molecule has 1 aliphatic heterocycles. The van der Waals surface area contributed by atoms with Gasteiger partial charge in [0.25, 0.3) is 0 Å².